The number of carbonyl (C=O) groups is 1. The molecule has 2 aromatic rings. The molecule has 34 heavy (non-hydrogen) atoms. The normalized spacial score (nSPS) is 16.6. The number of hydrogen-bond acceptors (Lipinski definition) is 8. The first-order valence-electron chi connectivity index (χ1n) is 12.5. The number of ketones is 1. The first-order valence-corrected chi connectivity index (χ1v) is 12.5. The lowest BCUT2D eigenvalue weighted by molar-refractivity contribution is -0.118. The fourth-order valence-electron chi connectivity index (χ4n) is 4.69. The van der Waals surface area contributed by atoms with E-state index in [9.17, 15) is 4.79 Å². The third-order valence-corrected chi connectivity index (χ3v) is 6.55. The number of anilines is 1. The number of aromatic nitrogens is 3. The van der Waals surface area contributed by atoms with Gasteiger partial charge in [0.05, 0.1) is 6.54 Å². The van der Waals surface area contributed by atoms with E-state index in [2.05, 4.69) is 35.7 Å². The molecule has 0 bridgehead atoms. The lowest BCUT2D eigenvalue weighted by Gasteiger charge is -2.32. The molecule has 0 radical (unpaired) electrons. The van der Waals surface area contributed by atoms with Crippen LogP contribution in [-0.4, -0.2) is 90.5 Å². The summed E-state index contributed by atoms with van der Waals surface area (Å²) in [4.78, 5) is 33.5. The molecular weight excluding hydrogens is 428 g/mol. The zero-order valence-corrected chi connectivity index (χ0v) is 21.1. The third kappa shape index (κ3) is 6.30. The Hall–Kier alpha value is -2.58. The Bertz CT molecular complexity index is 987. The Balaban J connectivity index is 1.46. The minimum Gasteiger partial charge on any atom is -0.492 e. The number of hydrogen-bond donors (Lipinski definition) is 0. The molecule has 0 spiro atoms. The van der Waals surface area contributed by atoms with E-state index < -0.39 is 0 Å². The minimum atomic E-state index is 0.235. The summed E-state index contributed by atoms with van der Waals surface area (Å²) in [7, 11) is 4.12. The highest BCUT2D eigenvalue weighted by atomic mass is 16.5. The first-order chi connectivity index (χ1) is 16.4. The number of Topliss-reactive ketones (excluding diaryl/α,β-unsaturated/α-hetero) is 1. The van der Waals surface area contributed by atoms with Crippen molar-refractivity contribution < 1.29 is 9.53 Å². The summed E-state index contributed by atoms with van der Waals surface area (Å²) in [6.45, 7) is 10.5. The van der Waals surface area contributed by atoms with Gasteiger partial charge in [-0.2, -0.15) is 0 Å². The average Bonchev–Trinajstić information content (AvgIpc) is 3.28. The maximum Gasteiger partial charge on any atom is 0.180 e. The van der Waals surface area contributed by atoms with E-state index in [0.717, 1.165) is 69.2 Å². The van der Waals surface area contributed by atoms with Crippen LogP contribution in [0.15, 0.2) is 18.3 Å². The fourth-order valence-corrected chi connectivity index (χ4v) is 4.69. The van der Waals surface area contributed by atoms with E-state index in [4.69, 9.17) is 14.7 Å². The van der Waals surface area contributed by atoms with Crippen molar-refractivity contribution in [1.82, 2.24) is 24.8 Å². The summed E-state index contributed by atoms with van der Waals surface area (Å²) >= 11 is 0. The molecule has 1 fully saturated rings. The molecule has 1 saturated heterocycles. The highest BCUT2D eigenvalue weighted by molar-refractivity contribution is 5.83. The van der Waals surface area contributed by atoms with Crippen LogP contribution in [0.5, 0.6) is 5.75 Å². The highest BCUT2D eigenvalue weighted by Gasteiger charge is 2.24. The van der Waals surface area contributed by atoms with Crippen LogP contribution in [0.4, 0.5) is 5.82 Å². The number of fused-ring (bicyclic) bond motifs is 1. The first kappa shape index (κ1) is 24.5. The van der Waals surface area contributed by atoms with Crippen LogP contribution in [-0.2, 0) is 17.6 Å². The van der Waals surface area contributed by atoms with Gasteiger partial charge in [-0.25, -0.2) is 9.97 Å². The zero-order valence-electron chi connectivity index (χ0n) is 21.1. The van der Waals surface area contributed by atoms with Crippen LogP contribution < -0.4 is 9.64 Å². The second-order valence-electron chi connectivity index (χ2n) is 10.0. The molecule has 184 valence electrons. The summed E-state index contributed by atoms with van der Waals surface area (Å²) in [6, 6.07) is 3.81. The average molecular weight is 467 g/mol. The summed E-state index contributed by atoms with van der Waals surface area (Å²) in [6.07, 6.45) is 5.30. The van der Waals surface area contributed by atoms with E-state index >= 15 is 0 Å². The molecule has 8 nitrogen and oxygen atoms in total. The van der Waals surface area contributed by atoms with Gasteiger partial charge in [0.2, 0.25) is 0 Å². The molecule has 1 aliphatic carbocycles. The van der Waals surface area contributed by atoms with Gasteiger partial charge in [0.1, 0.15) is 23.9 Å². The topological polar surface area (TPSA) is 74.7 Å². The quantitative estimate of drug-likeness (QED) is 0.529. The Morgan fingerprint density at radius 2 is 1.97 bits per heavy atom. The smallest absolute Gasteiger partial charge is 0.180 e. The van der Waals surface area contributed by atoms with E-state index in [-0.39, 0.29) is 5.78 Å². The summed E-state index contributed by atoms with van der Waals surface area (Å²) < 4.78 is 6.05. The molecule has 3 heterocycles. The largest absolute Gasteiger partial charge is 0.492 e. The van der Waals surface area contributed by atoms with E-state index in [1.54, 1.807) is 6.20 Å². The lowest BCUT2D eigenvalue weighted by Crippen LogP contribution is -2.45. The minimum absolute atomic E-state index is 0.235. The number of aryl methyl sites for hydroxylation is 1. The third-order valence-electron chi connectivity index (χ3n) is 6.55. The Kier molecular flexibility index (Phi) is 8.11. The van der Waals surface area contributed by atoms with Crippen LogP contribution in [0, 0.1) is 5.92 Å². The van der Waals surface area contributed by atoms with Gasteiger partial charge in [0.15, 0.2) is 11.6 Å². The number of nitrogens with zero attached hydrogens (tertiary/aromatic N) is 6. The Morgan fingerprint density at radius 1 is 1.18 bits per heavy atom. The molecular formula is C26H38N6O2. The van der Waals surface area contributed by atoms with Gasteiger partial charge in [-0.1, -0.05) is 13.8 Å². The van der Waals surface area contributed by atoms with Crippen LogP contribution in [0.1, 0.15) is 37.9 Å². The molecule has 2 aromatic heterocycles. The zero-order chi connectivity index (χ0) is 24.1. The molecule has 0 atom stereocenters. The standard InChI is InChI=1S/C26H38N6O2/c1-19(2)16-20(33)18-31(4)26-22-6-5-7-23(22)28-25(29-26)24-17-21(8-9-27-24)34-15-14-32-12-10-30(3)11-13-32/h8-9,17,19H,5-7,10-16,18H2,1-4H3. The molecule has 8 heteroatoms. The monoisotopic (exact) mass is 466 g/mol. The number of pyridine rings is 1. The van der Waals surface area contributed by atoms with Crippen molar-refractivity contribution in [3.05, 3.63) is 29.6 Å². The van der Waals surface area contributed by atoms with Gasteiger partial charge in [0, 0.05) is 69.7 Å². The second-order valence-corrected chi connectivity index (χ2v) is 10.0. The Labute approximate surface area is 203 Å². The van der Waals surface area contributed by atoms with Gasteiger partial charge in [-0.05, 0) is 38.3 Å². The maximum absolute atomic E-state index is 12.4. The van der Waals surface area contributed by atoms with Crippen LogP contribution >= 0.6 is 0 Å². The number of carbonyl (C=O) groups excluding carboxylic acids is 1. The van der Waals surface area contributed by atoms with Gasteiger partial charge in [-0.15, -0.1) is 0 Å². The number of piperazine rings is 1. The van der Waals surface area contributed by atoms with Crippen molar-refractivity contribution in [2.45, 2.75) is 39.5 Å². The number of ether oxygens (including phenoxy) is 1. The van der Waals surface area contributed by atoms with E-state index in [1.165, 1.54) is 5.56 Å². The molecule has 2 aliphatic rings. The van der Waals surface area contributed by atoms with Crippen molar-refractivity contribution >= 4 is 11.6 Å². The maximum atomic E-state index is 12.4. The summed E-state index contributed by atoms with van der Waals surface area (Å²) in [5.41, 5.74) is 2.95. The number of likely N-dealkylation sites (N-methyl/N-ethyl adjacent to an activating group) is 2. The number of rotatable bonds is 10. The van der Waals surface area contributed by atoms with E-state index in [1.807, 2.05) is 24.1 Å². The van der Waals surface area contributed by atoms with Crippen LogP contribution in [0.25, 0.3) is 11.5 Å². The second kappa shape index (κ2) is 11.2. The van der Waals surface area contributed by atoms with Gasteiger partial charge in [0.25, 0.3) is 0 Å². The molecule has 0 saturated carbocycles. The van der Waals surface area contributed by atoms with Crippen molar-refractivity contribution in [3.8, 4) is 17.3 Å². The SMILES string of the molecule is CC(C)CC(=O)CN(C)c1nc(-c2cc(OCCN3CCN(C)CC3)ccn2)nc2c1CCC2. The van der Waals surface area contributed by atoms with Crippen molar-refractivity contribution in [3.63, 3.8) is 0 Å². The van der Waals surface area contributed by atoms with Gasteiger partial charge >= 0.3 is 0 Å². The molecule has 0 N–H and O–H groups in total. The van der Waals surface area contributed by atoms with Gasteiger partial charge in [-0.3, -0.25) is 14.7 Å². The van der Waals surface area contributed by atoms with Crippen molar-refractivity contribution in [1.29, 1.82) is 0 Å². The lowest BCUT2D eigenvalue weighted by atomic mass is 10.1. The summed E-state index contributed by atoms with van der Waals surface area (Å²) in [5.74, 6) is 2.83. The molecule has 1 aliphatic heterocycles. The molecule has 0 aromatic carbocycles. The fraction of sp³-hybridized carbons (Fsp3) is 0.615. The van der Waals surface area contributed by atoms with E-state index in [0.29, 0.717) is 37.0 Å². The molecule has 0 amide bonds. The van der Waals surface area contributed by atoms with Crippen molar-refractivity contribution in [2.75, 3.05) is 64.9 Å². The summed E-state index contributed by atoms with van der Waals surface area (Å²) in [5, 5.41) is 0. The Morgan fingerprint density at radius 3 is 2.74 bits per heavy atom. The predicted molar refractivity (Wildman–Crippen MR) is 134 cm³/mol. The van der Waals surface area contributed by atoms with Crippen molar-refractivity contribution in [2.24, 2.45) is 5.92 Å². The molecule has 4 rings (SSSR count). The van der Waals surface area contributed by atoms with Crippen LogP contribution in [0.3, 0.4) is 0 Å². The molecule has 0 unspecified atom stereocenters. The highest BCUT2D eigenvalue weighted by Crippen LogP contribution is 2.31. The van der Waals surface area contributed by atoms with Crippen LogP contribution in [0.2, 0.25) is 0 Å². The predicted octanol–water partition coefficient (Wildman–Crippen LogP) is 2.70. The van der Waals surface area contributed by atoms with Gasteiger partial charge < -0.3 is 14.5 Å².